The summed E-state index contributed by atoms with van der Waals surface area (Å²) in [4.78, 5) is 20.0. The molecule has 188 valence electrons. The molecule has 1 aromatic heterocycles. The fraction of sp³-hybridized carbons (Fsp3) is 0.462. The number of likely N-dealkylation sites (tertiary alicyclic amines) is 1. The second kappa shape index (κ2) is 10.9. The van der Waals surface area contributed by atoms with Gasteiger partial charge in [0.25, 0.3) is 0 Å². The average Bonchev–Trinajstić information content (AvgIpc) is 3.21. The van der Waals surface area contributed by atoms with Crippen LogP contribution in [0.25, 0.3) is 11.0 Å². The second-order valence-electron chi connectivity index (χ2n) is 9.31. The van der Waals surface area contributed by atoms with E-state index < -0.39 is 10.0 Å². The van der Waals surface area contributed by atoms with Crippen LogP contribution in [-0.4, -0.2) is 66.3 Å². The van der Waals surface area contributed by atoms with Crippen LogP contribution in [0.3, 0.4) is 0 Å². The van der Waals surface area contributed by atoms with E-state index in [1.807, 2.05) is 13.0 Å². The van der Waals surface area contributed by atoms with E-state index >= 15 is 0 Å². The Morgan fingerprint density at radius 1 is 1.11 bits per heavy atom. The van der Waals surface area contributed by atoms with Crippen LogP contribution in [0, 0.1) is 0 Å². The Bertz CT molecular complexity index is 1260. The zero-order valence-corrected chi connectivity index (χ0v) is 21.6. The molecule has 9 heteroatoms. The van der Waals surface area contributed by atoms with Gasteiger partial charge in [0.1, 0.15) is 5.82 Å². The van der Waals surface area contributed by atoms with Crippen molar-refractivity contribution in [3.05, 3.63) is 59.9 Å². The SMILES string of the molecule is CCn1c(CCC(=O)NC2CCN(Cc3ccccc3)CC2)nc2cc(S(=O)(=O)N(C)C)ccc21. The van der Waals surface area contributed by atoms with E-state index in [1.54, 1.807) is 18.2 Å². The van der Waals surface area contributed by atoms with Crippen molar-refractivity contribution in [1.29, 1.82) is 0 Å². The molecule has 0 bridgehead atoms. The van der Waals surface area contributed by atoms with Gasteiger partial charge in [0.2, 0.25) is 15.9 Å². The molecule has 1 aliphatic heterocycles. The zero-order chi connectivity index (χ0) is 25.0. The fourth-order valence-electron chi connectivity index (χ4n) is 4.68. The van der Waals surface area contributed by atoms with Gasteiger partial charge in [-0.2, -0.15) is 0 Å². The van der Waals surface area contributed by atoms with Gasteiger partial charge in [-0.15, -0.1) is 0 Å². The van der Waals surface area contributed by atoms with Gasteiger partial charge in [0.15, 0.2) is 0 Å². The molecule has 4 rings (SSSR count). The molecule has 1 aliphatic rings. The Labute approximate surface area is 208 Å². The van der Waals surface area contributed by atoms with Gasteiger partial charge in [-0.05, 0) is 43.5 Å². The molecule has 35 heavy (non-hydrogen) atoms. The van der Waals surface area contributed by atoms with Crippen molar-refractivity contribution in [3.8, 4) is 0 Å². The Balaban J connectivity index is 1.33. The van der Waals surface area contributed by atoms with Crippen LogP contribution < -0.4 is 5.32 Å². The summed E-state index contributed by atoms with van der Waals surface area (Å²) in [5.41, 5.74) is 2.84. The van der Waals surface area contributed by atoms with E-state index in [2.05, 4.69) is 44.0 Å². The van der Waals surface area contributed by atoms with Crippen molar-refractivity contribution in [2.45, 2.75) is 56.6 Å². The number of imidazole rings is 1. The topological polar surface area (TPSA) is 87.5 Å². The van der Waals surface area contributed by atoms with Gasteiger partial charge in [-0.1, -0.05) is 30.3 Å². The van der Waals surface area contributed by atoms with E-state index in [0.717, 1.165) is 43.8 Å². The maximum atomic E-state index is 12.7. The van der Waals surface area contributed by atoms with E-state index in [9.17, 15) is 13.2 Å². The van der Waals surface area contributed by atoms with Gasteiger partial charge in [0, 0.05) is 59.2 Å². The van der Waals surface area contributed by atoms with Gasteiger partial charge in [0.05, 0.1) is 15.9 Å². The number of carbonyl (C=O) groups excluding carboxylic acids is 1. The predicted octanol–water partition coefficient (Wildman–Crippen LogP) is 3.02. The maximum absolute atomic E-state index is 12.7. The number of carbonyl (C=O) groups is 1. The molecule has 0 spiro atoms. The van der Waals surface area contributed by atoms with Crippen molar-refractivity contribution in [3.63, 3.8) is 0 Å². The highest BCUT2D eigenvalue weighted by atomic mass is 32.2. The lowest BCUT2D eigenvalue weighted by Gasteiger charge is -2.32. The molecule has 1 fully saturated rings. The number of sulfonamides is 1. The minimum Gasteiger partial charge on any atom is -0.353 e. The Hall–Kier alpha value is -2.75. The van der Waals surface area contributed by atoms with Crippen LogP contribution in [0.2, 0.25) is 0 Å². The number of fused-ring (bicyclic) bond motifs is 1. The Morgan fingerprint density at radius 2 is 1.83 bits per heavy atom. The van der Waals surface area contributed by atoms with Gasteiger partial charge in [-0.3, -0.25) is 9.69 Å². The molecule has 0 aliphatic carbocycles. The first kappa shape index (κ1) is 25.3. The number of piperidine rings is 1. The molecule has 0 saturated carbocycles. The van der Waals surface area contributed by atoms with Gasteiger partial charge >= 0.3 is 0 Å². The largest absolute Gasteiger partial charge is 0.353 e. The molecule has 2 heterocycles. The standard InChI is InChI=1S/C26H35N5O3S/c1-4-31-24-11-10-22(35(33,34)29(2)3)18-23(24)28-25(31)12-13-26(32)27-21-14-16-30(17-15-21)19-20-8-6-5-7-9-20/h5-11,18,21H,4,12-17,19H2,1-3H3,(H,27,32). The molecular weight excluding hydrogens is 462 g/mol. The minimum absolute atomic E-state index is 0.0390. The maximum Gasteiger partial charge on any atom is 0.242 e. The minimum atomic E-state index is -3.53. The second-order valence-corrected chi connectivity index (χ2v) is 11.5. The van der Waals surface area contributed by atoms with E-state index in [1.165, 1.54) is 24.0 Å². The summed E-state index contributed by atoms with van der Waals surface area (Å²) in [6.45, 7) is 5.63. The smallest absolute Gasteiger partial charge is 0.242 e. The molecule has 0 atom stereocenters. The lowest BCUT2D eigenvalue weighted by molar-refractivity contribution is -0.122. The first-order chi connectivity index (χ1) is 16.8. The van der Waals surface area contributed by atoms with Crippen molar-refractivity contribution in [2.75, 3.05) is 27.2 Å². The number of amides is 1. The third-order valence-corrected chi connectivity index (χ3v) is 8.48. The van der Waals surface area contributed by atoms with Crippen LogP contribution in [0.4, 0.5) is 0 Å². The van der Waals surface area contributed by atoms with Crippen LogP contribution in [0.5, 0.6) is 0 Å². The third-order valence-electron chi connectivity index (χ3n) is 6.67. The average molecular weight is 498 g/mol. The lowest BCUT2D eigenvalue weighted by Crippen LogP contribution is -2.44. The molecular formula is C26H35N5O3S. The van der Waals surface area contributed by atoms with Gasteiger partial charge < -0.3 is 9.88 Å². The summed E-state index contributed by atoms with van der Waals surface area (Å²) in [6.07, 6.45) is 2.78. The van der Waals surface area contributed by atoms with Crippen molar-refractivity contribution in [2.24, 2.45) is 0 Å². The molecule has 1 N–H and O–H groups in total. The van der Waals surface area contributed by atoms with Crippen LogP contribution in [-0.2, 0) is 34.3 Å². The highest BCUT2D eigenvalue weighted by Crippen LogP contribution is 2.23. The normalized spacial score (nSPS) is 15.7. The first-order valence-corrected chi connectivity index (χ1v) is 13.7. The van der Waals surface area contributed by atoms with E-state index in [0.29, 0.717) is 24.9 Å². The van der Waals surface area contributed by atoms with E-state index in [-0.39, 0.29) is 16.8 Å². The quantitative estimate of drug-likeness (QED) is 0.491. The van der Waals surface area contributed by atoms with Crippen molar-refractivity contribution >= 4 is 27.0 Å². The molecule has 3 aromatic rings. The van der Waals surface area contributed by atoms with E-state index in [4.69, 9.17) is 0 Å². The highest BCUT2D eigenvalue weighted by molar-refractivity contribution is 7.89. The summed E-state index contributed by atoms with van der Waals surface area (Å²) < 4.78 is 28.2. The Kier molecular flexibility index (Phi) is 7.88. The number of nitrogens with zero attached hydrogens (tertiary/aromatic N) is 4. The summed E-state index contributed by atoms with van der Waals surface area (Å²) in [7, 11) is -0.496. The molecule has 0 radical (unpaired) electrons. The number of nitrogens with one attached hydrogen (secondary N) is 1. The number of rotatable bonds is 9. The van der Waals surface area contributed by atoms with Crippen LogP contribution >= 0.6 is 0 Å². The molecule has 8 nitrogen and oxygen atoms in total. The summed E-state index contributed by atoms with van der Waals surface area (Å²) in [6, 6.07) is 15.7. The number of benzene rings is 2. The number of aromatic nitrogens is 2. The molecule has 1 saturated heterocycles. The van der Waals surface area contributed by atoms with Crippen LogP contribution in [0.1, 0.15) is 37.6 Å². The first-order valence-electron chi connectivity index (χ1n) is 12.2. The third kappa shape index (κ3) is 5.91. The van der Waals surface area contributed by atoms with Crippen molar-refractivity contribution in [1.82, 2.24) is 24.1 Å². The lowest BCUT2D eigenvalue weighted by atomic mass is 10.0. The zero-order valence-electron chi connectivity index (χ0n) is 20.8. The molecule has 1 amide bonds. The monoisotopic (exact) mass is 497 g/mol. The number of hydrogen-bond acceptors (Lipinski definition) is 5. The summed E-state index contributed by atoms with van der Waals surface area (Å²) in [5, 5.41) is 3.20. The number of hydrogen-bond donors (Lipinski definition) is 1. The highest BCUT2D eigenvalue weighted by Gasteiger charge is 2.22. The Morgan fingerprint density at radius 3 is 2.49 bits per heavy atom. The summed E-state index contributed by atoms with van der Waals surface area (Å²) >= 11 is 0. The van der Waals surface area contributed by atoms with Crippen LogP contribution in [0.15, 0.2) is 53.4 Å². The molecule has 2 aromatic carbocycles. The predicted molar refractivity (Wildman–Crippen MR) is 137 cm³/mol. The van der Waals surface area contributed by atoms with Crippen molar-refractivity contribution < 1.29 is 13.2 Å². The number of aryl methyl sites for hydroxylation is 2. The van der Waals surface area contributed by atoms with Gasteiger partial charge in [-0.25, -0.2) is 17.7 Å². The fourth-order valence-corrected chi connectivity index (χ4v) is 5.60. The summed E-state index contributed by atoms with van der Waals surface area (Å²) in [5.74, 6) is 0.840. The molecule has 0 unspecified atom stereocenters.